The van der Waals surface area contributed by atoms with Gasteiger partial charge in [0.15, 0.2) is 5.96 Å². The molecule has 1 saturated heterocycles. The zero-order valence-electron chi connectivity index (χ0n) is 17.2. The van der Waals surface area contributed by atoms with E-state index in [0.29, 0.717) is 24.1 Å². The molecular weight excluding hydrogens is 380 g/mol. The molecule has 2 N–H and O–H groups in total. The standard InChI is InChI=1S/C23H32N4OS/c1-24-23(25-14-17-29(28)19-20-10-4-2-5-11-20)26-18-22(27-15-8-9-16-27)21-12-6-3-7-13-21/h2-7,10-13,22H,8-9,14-19H2,1H3,(H2,24,25,26). The molecule has 2 atom stereocenters. The summed E-state index contributed by atoms with van der Waals surface area (Å²) in [6.07, 6.45) is 2.53. The minimum Gasteiger partial charge on any atom is -0.355 e. The summed E-state index contributed by atoms with van der Waals surface area (Å²) in [6, 6.07) is 21.0. The molecule has 2 unspecified atom stereocenters. The van der Waals surface area contributed by atoms with Crippen molar-refractivity contribution in [3.8, 4) is 0 Å². The van der Waals surface area contributed by atoms with Gasteiger partial charge in [-0.1, -0.05) is 60.7 Å². The van der Waals surface area contributed by atoms with E-state index in [1.54, 1.807) is 7.05 Å². The normalized spacial score (nSPS) is 17.1. The first-order chi connectivity index (χ1) is 14.3. The molecular formula is C23H32N4OS. The third kappa shape index (κ3) is 6.98. The highest BCUT2D eigenvalue weighted by atomic mass is 32.2. The van der Waals surface area contributed by atoms with Gasteiger partial charge in [0.2, 0.25) is 0 Å². The summed E-state index contributed by atoms with van der Waals surface area (Å²) in [5.41, 5.74) is 2.45. The fraction of sp³-hybridized carbons (Fsp3) is 0.435. The molecule has 5 nitrogen and oxygen atoms in total. The maximum absolute atomic E-state index is 12.3. The lowest BCUT2D eigenvalue weighted by Crippen LogP contribution is -2.43. The number of hydrogen-bond acceptors (Lipinski definition) is 3. The molecule has 6 heteroatoms. The highest BCUT2D eigenvalue weighted by Crippen LogP contribution is 2.24. The summed E-state index contributed by atoms with van der Waals surface area (Å²) in [5, 5.41) is 6.78. The van der Waals surface area contributed by atoms with Crippen LogP contribution in [0.15, 0.2) is 65.7 Å². The predicted octanol–water partition coefficient (Wildman–Crippen LogP) is 2.94. The Labute approximate surface area is 177 Å². The second-order valence-corrected chi connectivity index (χ2v) is 8.90. The van der Waals surface area contributed by atoms with Crippen LogP contribution in [0.1, 0.15) is 30.0 Å². The van der Waals surface area contributed by atoms with Crippen molar-refractivity contribution in [1.82, 2.24) is 15.5 Å². The van der Waals surface area contributed by atoms with Crippen LogP contribution >= 0.6 is 0 Å². The lowest BCUT2D eigenvalue weighted by Gasteiger charge is -2.29. The smallest absolute Gasteiger partial charge is 0.191 e. The van der Waals surface area contributed by atoms with Crippen LogP contribution in [0.25, 0.3) is 0 Å². The summed E-state index contributed by atoms with van der Waals surface area (Å²) in [6.45, 7) is 3.73. The third-order valence-corrected chi connectivity index (χ3v) is 6.56. The Hall–Kier alpha value is -2.18. The lowest BCUT2D eigenvalue weighted by atomic mass is 10.1. The fourth-order valence-electron chi connectivity index (χ4n) is 3.72. The van der Waals surface area contributed by atoms with Crippen LogP contribution in [0, 0.1) is 0 Å². The topological polar surface area (TPSA) is 56.7 Å². The number of likely N-dealkylation sites (tertiary alicyclic amines) is 1. The van der Waals surface area contributed by atoms with Crippen LogP contribution in [-0.4, -0.2) is 54.0 Å². The molecule has 0 aliphatic carbocycles. The summed E-state index contributed by atoms with van der Waals surface area (Å²) in [4.78, 5) is 6.88. The quantitative estimate of drug-likeness (QED) is 0.491. The van der Waals surface area contributed by atoms with Crippen molar-refractivity contribution in [2.45, 2.75) is 24.6 Å². The summed E-state index contributed by atoms with van der Waals surface area (Å²) >= 11 is 0. The largest absolute Gasteiger partial charge is 0.355 e. The van der Waals surface area contributed by atoms with Crippen molar-refractivity contribution in [3.63, 3.8) is 0 Å². The van der Waals surface area contributed by atoms with Crippen molar-refractivity contribution < 1.29 is 4.21 Å². The maximum Gasteiger partial charge on any atom is 0.191 e. The molecule has 156 valence electrons. The van der Waals surface area contributed by atoms with E-state index in [1.165, 1.54) is 18.4 Å². The summed E-state index contributed by atoms with van der Waals surface area (Å²) < 4.78 is 12.3. The Balaban J connectivity index is 1.46. The van der Waals surface area contributed by atoms with Gasteiger partial charge in [0.1, 0.15) is 0 Å². The van der Waals surface area contributed by atoms with E-state index in [2.05, 4.69) is 50.9 Å². The van der Waals surface area contributed by atoms with E-state index >= 15 is 0 Å². The second-order valence-electron chi connectivity index (χ2n) is 7.32. The zero-order valence-corrected chi connectivity index (χ0v) is 18.0. The minimum absolute atomic E-state index is 0.337. The Morgan fingerprint density at radius 1 is 1.03 bits per heavy atom. The molecule has 0 spiro atoms. The number of guanidine groups is 1. The van der Waals surface area contributed by atoms with Gasteiger partial charge in [-0.3, -0.25) is 14.1 Å². The SMILES string of the molecule is CN=C(NCCS(=O)Cc1ccccc1)NCC(c1ccccc1)N1CCCC1. The highest BCUT2D eigenvalue weighted by molar-refractivity contribution is 7.84. The van der Waals surface area contributed by atoms with Crippen LogP contribution in [0.4, 0.5) is 0 Å². The van der Waals surface area contributed by atoms with Crippen molar-refractivity contribution in [3.05, 3.63) is 71.8 Å². The van der Waals surface area contributed by atoms with Gasteiger partial charge >= 0.3 is 0 Å². The van der Waals surface area contributed by atoms with Gasteiger partial charge in [-0.15, -0.1) is 0 Å². The number of hydrogen-bond donors (Lipinski definition) is 2. The predicted molar refractivity (Wildman–Crippen MR) is 123 cm³/mol. The molecule has 0 saturated carbocycles. The van der Waals surface area contributed by atoms with Gasteiger partial charge in [-0.2, -0.15) is 0 Å². The second kappa shape index (κ2) is 11.7. The first-order valence-corrected chi connectivity index (χ1v) is 11.9. The first kappa shape index (κ1) is 21.5. The van der Waals surface area contributed by atoms with Crippen molar-refractivity contribution in [1.29, 1.82) is 0 Å². The van der Waals surface area contributed by atoms with Gasteiger partial charge in [0.05, 0.1) is 6.04 Å². The van der Waals surface area contributed by atoms with Gasteiger partial charge in [0, 0.05) is 42.4 Å². The van der Waals surface area contributed by atoms with Crippen LogP contribution in [0.5, 0.6) is 0 Å². The van der Waals surface area contributed by atoms with Gasteiger partial charge in [-0.05, 0) is 37.1 Å². The molecule has 1 heterocycles. The van der Waals surface area contributed by atoms with E-state index in [0.717, 1.165) is 31.2 Å². The number of benzene rings is 2. The summed E-state index contributed by atoms with van der Waals surface area (Å²) in [7, 11) is 0.894. The molecule has 29 heavy (non-hydrogen) atoms. The highest BCUT2D eigenvalue weighted by Gasteiger charge is 2.23. The first-order valence-electron chi connectivity index (χ1n) is 10.4. The van der Waals surface area contributed by atoms with E-state index in [9.17, 15) is 4.21 Å². The average molecular weight is 413 g/mol. The molecule has 3 rings (SSSR count). The Kier molecular flexibility index (Phi) is 8.71. The molecule has 2 aromatic carbocycles. The fourth-order valence-corrected chi connectivity index (χ4v) is 4.75. The van der Waals surface area contributed by atoms with Gasteiger partial charge in [0.25, 0.3) is 0 Å². The van der Waals surface area contributed by atoms with E-state index < -0.39 is 10.8 Å². The number of nitrogens with zero attached hydrogens (tertiary/aromatic N) is 2. The van der Waals surface area contributed by atoms with Gasteiger partial charge < -0.3 is 10.6 Å². The Morgan fingerprint density at radius 2 is 1.69 bits per heavy atom. The van der Waals surface area contributed by atoms with Crippen LogP contribution in [0.3, 0.4) is 0 Å². The minimum atomic E-state index is -0.887. The van der Waals surface area contributed by atoms with Crippen LogP contribution in [0.2, 0.25) is 0 Å². The molecule has 0 amide bonds. The average Bonchev–Trinajstić information content (AvgIpc) is 3.28. The van der Waals surface area contributed by atoms with Crippen LogP contribution in [-0.2, 0) is 16.6 Å². The lowest BCUT2D eigenvalue weighted by molar-refractivity contribution is 0.245. The molecule has 1 fully saturated rings. The van der Waals surface area contributed by atoms with Crippen molar-refractivity contribution in [2.75, 3.05) is 39.0 Å². The maximum atomic E-state index is 12.3. The Bertz CT molecular complexity index is 776. The molecule has 0 radical (unpaired) electrons. The van der Waals surface area contributed by atoms with Crippen molar-refractivity contribution in [2.24, 2.45) is 4.99 Å². The molecule has 1 aliphatic heterocycles. The number of nitrogens with one attached hydrogen (secondary N) is 2. The molecule has 1 aliphatic rings. The Morgan fingerprint density at radius 3 is 2.34 bits per heavy atom. The zero-order chi connectivity index (χ0) is 20.3. The third-order valence-electron chi connectivity index (χ3n) is 5.24. The van der Waals surface area contributed by atoms with E-state index in [1.807, 2.05) is 30.3 Å². The number of aliphatic imine (C=N–C) groups is 1. The van der Waals surface area contributed by atoms with E-state index in [-0.39, 0.29) is 0 Å². The number of rotatable bonds is 9. The van der Waals surface area contributed by atoms with Crippen molar-refractivity contribution >= 4 is 16.8 Å². The van der Waals surface area contributed by atoms with E-state index in [4.69, 9.17) is 0 Å². The monoisotopic (exact) mass is 412 g/mol. The molecule has 0 aromatic heterocycles. The van der Waals surface area contributed by atoms with Crippen LogP contribution < -0.4 is 10.6 Å². The summed E-state index contributed by atoms with van der Waals surface area (Å²) in [5.74, 6) is 1.96. The van der Waals surface area contributed by atoms with Gasteiger partial charge in [-0.25, -0.2) is 0 Å². The molecule has 2 aromatic rings. The molecule has 0 bridgehead atoms.